The number of aromatic nitrogens is 2. The van der Waals surface area contributed by atoms with E-state index in [1.165, 1.54) is 0 Å². The molecule has 0 saturated carbocycles. The Balaban J connectivity index is 1.82. The summed E-state index contributed by atoms with van der Waals surface area (Å²) in [5.41, 5.74) is 13.3. The predicted molar refractivity (Wildman–Crippen MR) is 125 cm³/mol. The maximum absolute atomic E-state index is 11.4. The molecule has 32 heavy (non-hydrogen) atoms. The number of hydrogen-bond acceptors (Lipinski definition) is 6. The number of allylic oxidation sites excluding steroid dienone is 1. The van der Waals surface area contributed by atoms with Crippen molar-refractivity contribution in [2.24, 2.45) is 18.6 Å². The number of hydrogen-bond donors (Lipinski definition) is 4. The van der Waals surface area contributed by atoms with Gasteiger partial charge in [0.1, 0.15) is 0 Å². The Morgan fingerprint density at radius 3 is 2.72 bits per heavy atom. The summed E-state index contributed by atoms with van der Waals surface area (Å²) >= 11 is 0. The minimum absolute atomic E-state index is 0.0471. The van der Waals surface area contributed by atoms with Crippen molar-refractivity contribution >= 4 is 17.4 Å². The molecular formula is C24H28N6O2. The highest BCUT2D eigenvalue weighted by Crippen LogP contribution is 2.37. The SMILES string of the molecule is C/C(N)=C1\c2ccc(-c3cnn(C)c3)cc2C(Nc2ccccc2CC(=O)O)CCN1N. The molecule has 0 radical (unpaired) electrons. The molecule has 0 aliphatic carbocycles. The van der Waals surface area contributed by atoms with E-state index in [1.807, 2.05) is 62.8 Å². The number of rotatable bonds is 5. The number of anilines is 1. The summed E-state index contributed by atoms with van der Waals surface area (Å²) in [4.78, 5) is 11.4. The first-order chi connectivity index (χ1) is 15.3. The molecule has 0 amide bonds. The summed E-state index contributed by atoms with van der Waals surface area (Å²) in [5, 5.41) is 18.9. The van der Waals surface area contributed by atoms with Crippen LogP contribution in [0.25, 0.3) is 16.8 Å². The van der Waals surface area contributed by atoms with Gasteiger partial charge in [-0.2, -0.15) is 5.10 Å². The van der Waals surface area contributed by atoms with E-state index in [-0.39, 0.29) is 12.5 Å². The number of para-hydroxylation sites is 1. The molecule has 1 aromatic heterocycles. The van der Waals surface area contributed by atoms with Crippen LogP contribution in [0, 0.1) is 0 Å². The number of nitrogens with two attached hydrogens (primary N) is 2. The van der Waals surface area contributed by atoms with Crippen molar-refractivity contribution in [1.29, 1.82) is 0 Å². The maximum atomic E-state index is 11.4. The van der Waals surface area contributed by atoms with Gasteiger partial charge in [-0.1, -0.05) is 30.3 Å². The molecule has 4 rings (SSSR count). The van der Waals surface area contributed by atoms with Crippen LogP contribution in [0.1, 0.15) is 36.1 Å². The minimum atomic E-state index is -0.864. The van der Waals surface area contributed by atoms with Crippen LogP contribution in [0.4, 0.5) is 5.69 Å². The third-order valence-electron chi connectivity index (χ3n) is 5.73. The maximum Gasteiger partial charge on any atom is 0.307 e. The van der Waals surface area contributed by atoms with Gasteiger partial charge in [0.05, 0.1) is 24.4 Å². The summed E-state index contributed by atoms with van der Waals surface area (Å²) in [5.74, 6) is 5.51. The molecule has 2 aromatic carbocycles. The number of nitrogens with zero attached hydrogens (tertiary/aromatic N) is 3. The van der Waals surface area contributed by atoms with Crippen LogP contribution in [0.3, 0.4) is 0 Å². The highest BCUT2D eigenvalue weighted by atomic mass is 16.4. The van der Waals surface area contributed by atoms with E-state index in [0.29, 0.717) is 12.2 Å². The number of benzene rings is 2. The third kappa shape index (κ3) is 4.31. The number of hydrazine groups is 1. The molecule has 1 unspecified atom stereocenters. The molecule has 8 heteroatoms. The number of fused-ring (bicyclic) bond motifs is 1. The topological polar surface area (TPSA) is 122 Å². The average molecular weight is 433 g/mol. The van der Waals surface area contributed by atoms with Gasteiger partial charge in [0.25, 0.3) is 0 Å². The quantitative estimate of drug-likeness (QED) is 0.457. The van der Waals surface area contributed by atoms with Crippen molar-refractivity contribution in [2.75, 3.05) is 11.9 Å². The van der Waals surface area contributed by atoms with Crippen molar-refractivity contribution in [2.45, 2.75) is 25.8 Å². The first-order valence-electron chi connectivity index (χ1n) is 10.5. The van der Waals surface area contributed by atoms with Gasteiger partial charge in [-0.05, 0) is 42.2 Å². The van der Waals surface area contributed by atoms with E-state index < -0.39 is 5.97 Å². The molecule has 3 aromatic rings. The second-order valence-corrected chi connectivity index (χ2v) is 8.14. The molecule has 1 aliphatic heterocycles. The fourth-order valence-electron chi connectivity index (χ4n) is 4.26. The van der Waals surface area contributed by atoms with E-state index >= 15 is 0 Å². The summed E-state index contributed by atoms with van der Waals surface area (Å²) < 4.78 is 1.77. The van der Waals surface area contributed by atoms with E-state index in [2.05, 4.69) is 16.5 Å². The third-order valence-corrected chi connectivity index (χ3v) is 5.73. The van der Waals surface area contributed by atoms with Gasteiger partial charge in [0, 0.05) is 42.3 Å². The second-order valence-electron chi connectivity index (χ2n) is 8.14. The Kier molecular flexibility index (Phi) is 5.87. The Morgan fingerprint density at radius 2 is 2.03 bits per heavy atom. The first kappa shape index (κ1) is 21.5. The zero-order valence-corrected chi connectivity index (χ0v) is 18.2. The fourth-order valence-corrected chi connectivity index (χ4v) is 4.26. The number of carboxylic acid groups (broad SMARTS) is 1. The van der Waals surface area contributed by atoms with Crippen LogP contribution >= 0.6 is 0 Å². The Bertz CT molecular complexity index is 1180. The Hall–Kier alpha value is -3.78. The largest absolute Gasteiger partial charge is 0.481 e. The van der Waals surface area contributed by atoms with Gasteiger partial charge < -0.3 is 21.2 Å². The highest BCUT2D eigenvalue weighted by molar-refractivity contribution is 5.76. The molecule has 0 fully saturated rings. The molecule has 2 heterocycles. The molecule has 166 valence electrons. The normalized spacial score (nSPS) is 17.5. The molecule has 1 atom stereocenters. The molecule has 1 aliphatic rings. The molecule has 0 bridgehead atoms. The monoisotopic (exact) mass is 432 g/mol. The number of carbonyl (C=O) groups is 1. The molecular weight excluding hydrogens is 404 g/mol. The van der Waals surface area contributed by atoms with Crippen LogP contribution < -0.4 is 16.9 Å². The minimum Gasteiger partial charge on any atom is -0.481 e. The molecule has 8 nitrogen and oxygen atoms in total. The predicted octanol–water partition coefficient (Wildman–Crippen LogP) is 3.09. The van der Waals surface area contributed by atoms with E-state index in [9.17, 15) is 9.90 Å². The van der Waals surface area contributed by atoms with Crippen molar-refractivity contribution in [3.8, 4) is 11.1 Å². The van der Waals surface area contributed by atoms with Crippen molar-refractivity contribution in [1.82, 2.24) is 14.8 Å². The van der Waals surface area contributed by atoms with Gasteiger partial charge in [-0.3, -0.25) is 9.48 Å². The molecule has 0 saturated heterocycles. The van der Waals surface area contributed by atoms with Crippen LogP contribution in [-0.2, 0) is 18.3 Å². The number of aliphatic carboxylic acids is 1. The van der Waals surface area contributed by atoms with Gasteiger partial charge in [-0.15, -0.1) is 0 Å². The zero-order valence-electron chi connectivity index (χ0n) is 18.2. The van der Waals surface area contributed by atoms with Crippen molar-refractivity contribution in [3.63, 3.8) is 0 Å². The Labute approximate surface area is 187 Å². The smallest absolute Gasteiger partial charge is 0.307 e. The number of nitrogens with one attached hydrogen (secondary N) is 1. The zero-order chi connectivity index (χ0) is 22.8. The lowest BCUT2D eigenvalue weighted by molar-refractivity contribution is -0.136. The fraction of sp³-hybridized carbons (Fsp3) is 0.250. The summed E-state index contributed by atoms with van der Waals surface area (Å²) in [6, 6.07) is 13.7. The second kappa shape index (κ2) is 8.76. The summed E-state index contributed by atoms with van der Waals surface area (Å²) in [7, 11) is 1.89. The standard InChI is InChI=1S/C24H28N6O2/c1-15(25)24-19-8-7-16(18-13-27-29(2)14-18)11-20(19)22(9-10-30(24)26)28-21-6-4-3-5-17(21)12-23(31)32/h3-8,11,13-14,22,28H,9-10,12,25-26H2,1-2H3,(H,31,32)/b24-15-. The lowest BCUT2D eigenvalue weighted by atomic mass is 9.93. The van der Waals surface area contributed by atoms with Crippen LogP contribution in [0.2, 0.25) is 0 Å². The van der Waals surface area contributed by atoms with Crippen molar-refractivity contribution < 1.29 is 9.90 Å². The lowest BCUT2D eigenvalue weighted by Gasteiger charge is -2.23. The molecule has 0 spiro atoms. The molecule has 6 N–H and O–H groups in total. The summed E-state index contributed by atoms with van der Waals surface area (Å²) in [6.45, 7) is 2.45. The van der Waals surface area contributed by atoms with Gasteiger partial charge in [0.15, 0.2) is 0 Å². The van der Waals surface area contributed by atoms with Crippen LogP contribution in [0.15, 0.2) is 60.6 Å². The van der Waals surface area contributed by atoms with E-state index in [0.717, 1.165) is 45.6 Å². The van der Waals surface area contributed by atoms with Gasteiger partial charge in [-0.25, -0.2) is 5.84 Å². The lowest BCUT2D eigenvalue weighted by Crippen LogP contribution is -2.31. The van der Waals surface area contributed by atoms with E-state index in [4.69, 9.17) is 11.6 Å². The van der Waals surface area contributed by atoms with Crippen LogP contribution in [-0.4, -0.2) is 32.4 Å². The number of carboxylic acids is 1. The highest BCUT2D eigenvalue weighted by Gasteiger charge is 2.26. The first-order valence-corrected chi connectivity index (χ1v) is 10.5. The van der Waals surface area contributed by atoms with Crippen molar-refractivity contribution in [3.05, 3.63) is 77.2 Å². The van der Waals surface area contributed by atoms with E-state index in [1.54, 1.807) is 9.69 Å². The van der Waals surface area contributed by atoms with Crippen LogP contribution in [0.5, 0.6) is 0 Å². The summed E-state index contributed by atoms with van der Waals surface area (Å²) in [6.07, 6.45) is 4.49. The van der Waals surface area contributed by atoms with Gasteiger partial charge >= 0.3 is 5.97 Å². The van der Waals surface area contributed by atoms with Gasteiger partial charge in [0.2, 0.25) is 0 Å². The number of aryl methyl sites for hydroxylation is 1. The average Bonchev–Trinajstić information content (AvgIpc) is 3.12. The Morgan fingerprint density at radius 1 is 1.25 bits per heavy atom.